The van der Waals surface area contributed by atoms with Crippen LogP contribution in [0.3, 0.4) is 0 Å². The summed E-state index contributed by atoms with van der Waals surface area (Å²) in [6.45, 7) is 1.77. The summed E-state index contributed by atoms with van der Waals surface area (Å²) in [5.41, 5.74) is -1.10. The molecular formula is C12H16F3NO2S. The van der Waals surface area contributed by atoms with E-state index in [1.807, 2.05) is 0 Å². The molecule has 0 saturated carbocycles. The number of hydrogen-bond acceptors (Lipinski definition) is 3. The Hall–Kier alpha value is -1.08. The van der Waals surface area contributed by atoms with Crippen LogP contribution in [0.2, 0.25) is 0 Å². The lowest BCUT2D eigenvalue weighted by Crippen LogP contribution is -2.25. The van der Waals surface area contributed by atoms with Crippen LogP contribution in [0.1, 0.15) is 18.9 Å². The molecule has 108 valence electrons. The van der Waals surface area contributed by atoms with Crippen LogP contribution >= 0.6 is 0 Å². The van der Waals surface area contributed by atoms with Gasteiger partial charge in [-0.2, -0.15) is 13.2 Å². The highest BCUT2D eigenvalue weighted by molar-refractivity contribution is 7.91. The zero-order chi connectivity index (χ0) is 14.7. The van der Waals surface area contributed by atoms with Crippen LogP contribution in [0.15, 0.2) is 29.2 Å². The maximum absolute atomic E-state index is 12.8. The van der Waals surface area contributed by atoms with Crippen molar-refractivity contribution in [1.82, 2.24) is 5.32 Å². The third kappa shape index (κ3) is 4.21. The fourth-order valence-electron chi connectivity index (χ4n) is 1.56. The highest BCUT2D eigenvalue weighted by atomic mass is 32.2. The van der Waals surface area contributed by atoms with E-state index >= 15 is 0 Å². The molecule has 0 spiro atoms. The monoisotopic (exact) mass is 295 g/mol. The van der Waals surface area contributed by atoms with Crippen LogP contribution < -0.4 is 5.32 Å². The molecule has 1 atom stereocenters. The van der Waals surface area contributed by atoms with Crippen molar-refractivity contribution in [3.63, 3.8) is 0 Å². The van der Waals surface area contributed by atoms with Gasteiger partial charge in [-0.25, -0.2) is 8.42 Å². The van der Waals surface area contributed by atoms with Crippen molar-refractivity contribution < 1.29 is 21.6 Å². The quantitative estimate of drug-likeness (QED) is 0.907. The van der Waals surface area contributed by atoms with Crippen molar-refractivity contribution in [2.24, 2.45) is 0 Å². The van der Waals surface area contributed by atoms with E-state index in [0.29, 0.717) is 0 Å². The summed E-state index contributed by atoms with van der Waals surface area (Å²) in [5, 5.41) is 2.85. The third-order valence-corrected chi connectivity index (χ3v) is 4.64. The fourth-order valence-corrected chi connectivity index (χ4v) is 3.25. The lowest BCUT2D eigenvalue weighted by atomic mass is 10.2. The lowest BCUT2D eigenvalue weighted by Gasteiger charge is -2.14. The predicted octanol–water partition coefficient (Wildman–Crippen LogP) is 2.48. The lowest BCUT2D eigenvalue weighted by molar-refractivity contribution is -0.139. The van der Waals surface area contributed by atoms with Gasteiger partial charge in [-0.15, -0.1) is 0 Å². The molecule has 19 heavy (non-hydrogen) atoms. The molecule has 0 bridgehead atoms. The standard InChI is InChI=1S/C12H16F3NO2S/c1-9(16-2)7-8-19(17,18)11-6-4-3-5-10(11)12(13,14)15/h3-6,9,16H,7-8H2,1-2H3. The minimum absolute atomic E-state index is 0.0761. The molecule has 1 rings (SSSR count). The maximum atomic E-state index is 12.8. The summed E-state index contributed by atoms with van der Waals surface area (Å²) < 4.78 is 62.3. The van der Waals surface area contributed by atoms with Gasteiger partial charge in [-0.05, 0) is 32.5 Å². The average molecular weight is 295 g/mol. The predicted molar refractivity (Wildman–Crippen MR) is 66.6 cm³/mol. The number of alkyl halides is 3. The maximum Gasteiger partial charge on any atom is 0.417 e. The van der Waals surface area contributed by atoms with Gasteiger partial charge >= 0.3 is 6.18 Å². The number of hydrogen-bond donors (Lipinski definition) is 1. The molecule has 0 saturated heterocycles. The molecule has 0 aromatic heterocycles. The minimum atomic E-state index is -4.67. The minimum Gasteiger partial charge on any atom is -0.317 e. The molecule has 0 heterocycles. The second kappa shape index (κ2) is 5.92. The molecule has 0 aliphatic carbocycles. The smallest absolute Gasteiger partial charge is 0.317 e. The largest absolute Gasteiger partial charge is 0.417 e. The second-order valence-electron chi connectivity index (χ2n) is 4.29. The molecule has 0 aliphatic heterocycles. The van der Waals surface area contributed by atoms with Gasteiger partial charge in [0.25, 0.3) is 0 Å². The van der Waals surface area contributed by atoms with Crippen LogP contribution in [0.4, 0.5) is 13.2 Å². The number of rotatable bonds is 5. The normalized spacial score (nSPS) is 14.4. The van der Waals surface area contributed by atoms with Crippen LogP contribution in [0, 0.1) is 0 Å². The zero-order valence-electron chi connectivity index (χ0n) is 10.7. The number of benzene rings is 1. The first-order valence-electron chi connectivity index (χ1n) is 5.74. The van der Waals surface area contributed by atoms with Crippen molar-refractivity contribution in [2.45, 2.75) is 30.5 Å². The Bertz CT molecular complexity index is 526. The van der Waals surface area contributed by atoms with E-state index in [0.717, 1.165) is 12.1 Å². The van der Waals surface area contributed by atoms with E-state index in [9.17, 15) is 21.6 Å². The van der Waals surface area contributed by atoms with E-state index in [-0.39, 0.29) is 18.2 Å². The molecule has 1 unspecified atom stereocenters. The molecule has 1 aromatic rings. The van der Waals surface area contributed by atoms with Gasteiger partial charge < -0.3 is 5.32 Å². The Labute approximate surface area is 110 Å². The van der Waals surface area contributed by atoms with Crippen molar-refractivity contribution in [2.75, 3.05) is 12.8 Å². The van der Waals surface area contributed by atoms with Crippen LogP contribution in [0.5, 0.6) is 0 Å². The van der Waals surface area contributed by atoms with E-state index in [1.54, 1.807) is 14.0 Å². The highest BCUT2D eigenvalue weighted by Gasteiger charge is 2.36. The molecular weight excluding hydrogens is 279 g/mol. The molecule has 0 fully saturated rings. The van der Waals surface area contributed by atoms with E-state index in [4.69, 9.17) is 0 Å². The van der Waals surface area contributed by atoms with Crippen LogP contribution in [-0.2, 0) is 16.0 Å². The second-order valence-corrected chi connectivity index (χ2v) is 6.37. The van der Waals surface area contributed by atoms with Crippen molar-refractivity contribution in [3.05, 3.63) is 29.8 Å². The Morgan fingerprint density at radius 1 is 1.26 bits per heavy atom. The summed E-state index contributed by atoms with van der Waals surface area (Å²) in [6.07, 6.45) is -4.41. The van der Waals surface area contributed by atoms with E-state index in [1.165, 1.54) is 12.1 Å². The number of nitrogens with one attached hydrogen (secondary N) is 1. The van der Waals surface area contributed by atoms with Gasteiger partial charge in [-0.1, -0.05) is 12.1 Å². The average Bonchev–Trinajstić information content (AvgIpc) is 2.35. The van der Waals surface area contributed by atoms with Gasteiger partial charge in [0.05, 0.1) is 16.2 Å². The molecule has 3 nitrogen and oxygen atoms in total. The van der Waals surface area contributed by atoms with Crippen LogP contribution in [0.25, 0.3) is 0 Å². The number of sulfone groups is 1. The topological polar surface area (TPSA) is 46.2 Å². The molecule has 0 aliphatic rings. The van der Waals surface area contributed by atoms with E-state index < -0.39 is 26.5 Å². The fraction of sp³-hybridized carbons (Fsp3) is 0.500. The van der Waals surface area contributed by atoms with Crippen molar-refractivity contribution in [1.29, 1.82) is 0 Å². The number of halogens is 3. The molecule has 1 aromatic carbocycles. The molecule has 0 radical (unpaired) electrons. The van der Waals surface area contributed by atoms with Crippen molar-refractivity contribution in [3.8, 4) is 0 Å². The Kier molecular flexibility index (Phi) is 4.98. The third-order valence-electron chi connectivity index (χ3n) is 2.84. The Balaban J connectivity index is 3.09. The first-order chi connectivity index (χ1) is 8.68. The van der Waals surface area contributed by atoms with Crippen molar-refractivity contribution >= 4 is 9.84 Å². The van der Waals surface area contributed by atoms with Crippen LogP contribution in [-0.4, -0.2) is 27.3 Å². The first kappa shape index (κ1) is 16.0. The molecule has 1 N–H and O–H groups in total. The summed E-state index contributed by atoms with van der Waals surface area (Å²) in [4.78, 5) is -0.647. The summed E-state index contributed by atoms with van der Waals surface area (Å²) in [6, 6.07) is 4.19. The Morgan fingerprint density at radius 2 is 1.84 bits per heavy atom. The van der Waals surface area contributed by atoms with Gasteiger partial charge in [0, 0.05) is 6.04 Å². The SMILES string of the molecule is CNC(C)CCS(=O)(=O)c1ccccc1C(F)(F)F. The summed E-state index contributed by atoms with van der Waals surface area (Å²) in [5.74, 6) is -0.317. The van der Waals surface area contributed by atoms with Gasteiger partial charge in [-0.3, -0.25) is 0 Å². The van der Waals surface area contributed by atoms with E-state index in [2.05, 4.69) is 5.32 Å². The highest BCUT2D eigenvalue weighted by Crippen LogP contribution is 2.34. The summed E-state index contributed by atoms with van der Waals surface area (Å²) in [7, 11) is -2.27. The van der Waals surface area contributed by atoms with Gasteiger partial charge in [0.15, 0.2) is 9.84 Å². The summed E-state index contributed by atoms with van der Waals surface area (Å²) >= 11 is 0. The van der Waals surface area contributed by atoms with Gasteiger partial charge in [0.1, 0.15) is 0 Å². The molecule has 0 amide bonds. The zero-order valence-corrected chi connectivity index (χ0v) is 11.5. The molecule has 7 heteroatoms. The van der Waals surface area contributed by atoms with Gasteiger partial charge in [0.2, 0.25) is 0 Å². The Morgan fingerprint density at radius 3 is 2.37 bits per heavy atom. The first-order valence-corrected chi connectivity index (χ1v) is 7.40.